The fraction of sp³-hybridized carbons (Fsp3) is 0.833. The highest BCUT2D eigenvalue weighted by atomic mass is 14.6. The SMILES string of the molecule is C1=CC2CC1C1C3CCC(C3)C21. The molecule has 4 aliphatic carbocycles. The van der Waals surface area contributed by atoms with Gasteiger partial charge in [0.15, 0.2) is 0 Å². The van der Waals surface area contributed by atoms with Crippen molar-refractivity contribution in [2.24, 2.45) is 35.5 Å². The first-order chi connectivity index (χ1) is 5.93. The maximum Gasteiger partial charge on any atom is -0.0194 e. The van der Waals surface area contributed by atoms with Gasteiger partial charge in [0.2, 0.25) is 0 Å². The molecule has 0 aromatic heterocycles. The van der Waals surface area contributed by atoms with Gasteiger partial charge in [-0.15, -0.1) is 0 Å². The summed E-state index contributed by atoms with van der Waals surface area (Å²) in [5.41, 5.74) is 0. The third kappa shape index (κ3) is 0.522. The summed E-state index contributed by atoms with van der Waals surface area (Å²) in [7, 11) is 0. The molecule has 3 saturated carbocycles. The molecule has 0 aromatic rings. The van der Waals surface area contributed by atoms with Crippen molar-refractivity contribution < 1.29 is 0 Å². The molecule has 0 spiro atoms. The lowest BCUT2D eigenvalue weighted by Gasteiger charge is -2.31. The van der Waals surface area contributed by atoms with Gasteiger partial charge in [0.25, 0.3) is 0 Å². The van der Waals surface area contributed by atoms with Crippen molar-refractivity contribution in [2.75, 3.05) is 0 Å². The van der Waals surface area contributed by atoms with Gasteiger partial charge in [-0.05, 0) is 61.2 Å². The zero-order chi connectivity index (χ0) is 7.71. The molecule has 4 bridgehead atoms. The Morgan fingerprint density at radius 1 is 0.750 bits per heavy atom. The van der Waals surface area contributed by atoms with Crippen LogP contribution < -0.4 is 0 Å². The first-order valence-electron chi connectivity index (χ1n) is 5.62. The van der Waals surface area contributed by atoms with Crippen molar-refractivity contribution in [2.45, 2.75) is 25.7 Å². The van der Waals surface area contributed by atoms with Crippen LogP contribution in [0.1, 0.15) is 25.7 Å². The summed E-state index contributed by atoms with van der Waals surface area (Å²) in [6.45, 7) is 0. The Bertz CT molecular complexity index is 229. The average Bonchev–Trinajstić information content (AvgIpc) is 2.83. The summed E-state index contributed by atoms with van der Waals surface area (Å²) in [6, 6.07) is 0. The van der Waals surface area contributed by atoms with Crippen molar-refractivity contribution in [3.63, 3.8) is 0 Å². The smallest absolute Gasteiger partial charge is 0.0194 e. The molecule has 0 heteroatoms. The van der Waals surface area contributed by atoms with E-state index in [1.54, 1.807) is 19.3 Å². The summed E-state index contributed by atoms with van der Waals surface area (Å²) >= 11 is 0. The van der Waals surface area contributed by atoms with Gasteiger partial charge in [0.1, 0.15) is 0 Å². The highest BCUT2D eigenvalue weighted by molar-refractivity contribution is 5.19. The topological polar surface area (TPSA) is 0 Å². The minimum Gasteiger partial charge on any atom is -0.0848 e. The largest absolute Gasteiger partial charge is 0.0848 e. The van der Waals surface area contributed by atoms with E-state index in [9.17, 15) is 0 Å². The molecule has 4 rings (SSSR count). The molecule has 6 atom stereocenters. The van der Waals surface area contributed by atoms with Gasteiger partial charge in [-0.2, -0.15) is 0 Å². The highest BCUT2D eigenvalue weighted by Crippen LogP contribution is 2.65. The lowest BCUT2D eigenvalue weighted by atomic mass is 9.73. The minimum absolute atomic E-state index is 1.02. The number of fused-ring (bicyclic) bond motifs is 9. The van der Waals surface area contributed by atoms with Crippen molar-refractivity contribution in [3.8, 4) is 0 Å². The van der Waals surface area contributed by atoms with Gasteiger partial charge in [0, 0.05) is 0 Å². The number of rotatable bonds is 0. The fourth-order valence-corrected chi connectivity index (χ4v) is 4.98. The van der Waals surface area contributed by atoms with Crippen LogP contribution in [0.2, 0.25) is 0 Å². The van der Waals surface area contributed by atoms with E-state index in [-0.39, 0.29) is 0 Å². The zero-order valence-electron chi connectivity index (χ0n) is 7.45. The lowest BCUT2D eigenvalue weighted by Crippen LogP contribution is -2.25. The van der Waals surface area contributed by atoms with E-state index in [1.807, 2.05) is 0 Å². The van der Waals surface area contributed by atoms with Gasteiger partial charge in [-0.1, -0.05) is 12.2 Å². The van der Waals surface area contributed by atoms with Crippen LogP contribution >= 0.6 is 0 Å². The summed E-state index contributed by atoms with van der Waals surface area (Å²) in [5.74, 6) is 6.66. The lowest BCUT2D eigenvalue weighted by molar-refractivity contribution is 0.206. The second-order valence-corrected chi connectivity index (χ2v) is 5.44. The standard InChI is InChI=1S/C12H16/c1-2-8-5-7(1)11-9-3-4-10(6-9)12(8)11/h1-2,7-12H,3-6H2. The quantitative estimate of drug-likeness (QED) is 0.377. The zero-order valence-corrected chi connectivity index (χ0v) is 7.45. The molecule has 3 fully saturated rings. The Morgan fingerprint density at radius 2 is 1.33 bits per heavy atom. The predicted octanol–water partition coefficient (Wildman–Crippen LogP) is 2.85. The van der Waals surface area contributed by atoms with E-state index < -0.39 is 0 Å². The van der Waals surface area contributed by atoms with E-state index in [4.69, 9.17) is 0 Å². The Balaban J connectivity index is 1.82. The highest BCUT2D eigenvalue weighted by Gasteiger charge is 2.57. The predicted molar refractivity (Wildman–Crippen MR) is 48.5 cm³/mol. The van der Waals surface area contributed by atoms with Gasteiger partial charge in [-0.25, -0.2) is 0 Å². The van der Waals surface area contributed by atoms with E-state index in [0.717, 1.165) is 35.5 Å². The molecule has 0 saturated heterocycles. The van der Waals surface area contributed by atoms with Crippen LogP contribution in [0.3, 0.4) is 0 Å². The molecule has 0 radical (unpaired) electrons. The molecule has 0 aliphatic heterocycles. The summed E-state index contributed by atoms with van der Waals surface area (Å²) in [4.78, 5) is 0. The summed E-state index contributed by atoms with van der Waals surface area (Å²) in [5, 5.41) is 0. The maximum absolute atomic E-state index is 2.53. The molecular weight excluding hydrogens is 144 g/mol. The average molecular weight is 160 g/mol. The van der Waals surface area contributed by atoms with E-state index in [2.05, 4.69) is 12.2 Å². The van der Waals surface area contributed by atoms with Crippen molar-refractivity contribution in [1.82, 2.24) is 0 Å². The molecular formula is C12H16. The summed E-state index contributed by atoms with van der Waals surface area (Å²) in [6.07, 6.45) is 11.3. The van der Waals surface area contributed by atoms with Crippen molar-refractivity contribution >= 4 is 0 Å². The first kappa shape index (κ1) is 6.23. The van der Waals surface area contributed by atoms with Crippen LogP contribution in [-0.4, -0.2) is 0 Å². The van der Waals surface area contributed by atoms with Crippen LogP contribution in [0.15, 0.2) is 12.2 Å². The van der Waals surface area contributed by atoms with Crippen molar-refractivity contribution in [1.29, 1.82) is 0 Å². The first-order valence-corrected chi connectivity index (χ1v) is 5.62. The monoisotopic (exact) mass is 160 g/mol. The van der Waals surface area contributed by atoms with Crippen LogP contribution in [0, 0.1) is 35.5 Å². The molecule has 0 N–H and O–H groups in total. The van der Waals surface area contributed by atoms with Gasteiger partial charge in [-0.3, -0.25) is 0 Å². The normalized spacial score (nSPS) is 64.7. The maximum atomic E-state index is 2.53. The minimum atomic E-state index is 1.02. The van der Waals surface area contributed by atoms with Gasteiger partial charge in [0.05, 0.1) is 0 Å². The third-order valence-electron chi connectivity index (χ3n) is 5.19. The molecule has 0 aromatic carbocycles. The third-order valence-corrected chi connectivity index (χ3v) is 5.19. The molecule has 12 heavy (non-hydrogen) atoms. The number of hydrogen-bond acceptors (Lipinski definition) is 0. The molecule has 0 nitrogen and oxygen atoms in total. The second kappa shape index (κ2) is 1.81. The Kier molecular flexibility index (Phi) is 0.939. The Labute approximate surface area is 74.0 Å². The van der Waals surface area contributed by atoms with Crippen LogP contribution in [-0.2, 0) is 0 Å². The molecule has 64 valence electrons. The molecule has 0 amide bonds. The van der Waals surface area contributed by atoms with Crippen LogP contribution in [0.5, 0.6) is 0 Å². The molecule has 4 aliphatic rings. The fourth-order valence-electron chi connectivity index (χ4n) is 4.98. The molecule has 0 heterocycles. The van der Waals surface area contributed by atoms with E-state index in [1.165, 1.54) is 6.42 Å². The second-order valence-electron chi connectivity index (χ2n) is 5.44. The van der Waals surface area contributed by atoms with Crippen LogP contribution in [0.25, 0.3) is 0 Å². The Morgan fingerprint density at radius 3 is 1.92 bits per heavy atom. The number of hydrogen-bond donors (Lipinski definition) is 0. The van der Waals surface area contributed by atoms with E-state index in [0.29, 0.717) is 0 Å². The number of allylic oxidation sites excluding steroid dienone is 2. The van der Waals surface area contributed by atoms with E-state index >= 15 is 0 Å². The van der Waals surface area contributed by atoms with Crippen LogP contribution in [0.4, 0.5) is 0 Å². The Hall–Kier alpha value is -0.260. The van der Waals surface area contributed by atoms with Gasteiger partial charge >= 0.3 is 0 Å². The van der Waals surface area contributed by atoms with Crippen molar-refractivity contribution in [3.05, 3.63) is 12.2 Å². The van der Waals surface area contributed by atoms with Gasteiger partial charge < -0.3 is 0 Å². The summed E-state index contributed by atoms with van der Waals surface area (Å²) < 4.78 is 0. The molecule has 6 unspecified atom stereocenters.